The van der Waals surface area contributed by atoms with Gasteiger partial charge < -0.3 is 16.4 Å². The molecule has 21 heavy (non-hydrogen) atoms. The van der Waals surface area contributed by atoms with Gasteiger partial charge in [-0.3, -0.25) is 9.59 Å². The van der Waals surface area contributed by atoms with E-state index in [1.807, 2.05) is 0 Å². The highest BCUT2D eigenvalue weighted by Gasteiger charge is 2.10. The lowest BCUT2D eigenvalue weighted by Crippen LogP contribution is -2.23. The quantitative estimate of drug-likeness (QED) is 0.804. The van der Waals surface area contributed by atoms with Gasteiger partial charge in [0.1, 0.15) is 5.82 Å². The molecule has 2 amide bonds. The van der Waals surface area contributed by atoms with Crippen LogP contribution >= 0.6 is 0 Å². The van der Waals surface area contributed by atoms with Gasteiger partial charge in [0, 0.05) is 5.56 Å². The predicted molar refractivity (Wildman–Crippen MR) is 78.5 cm³/mol. The number of rotatable bonds is 4. The van der Waals surface area contributed by atoms with E-state index in [4.69, 9.17) is 5.73 Å². The zero-order valence-corrected chi connectivity index (χ0v) is 11.1. The summed E-state index contributed by atoms with van der Waals surface area (Å²) in [4.78, 5) is 23.4. The van der Waals surface area contributed by atoms with Crippen LogP contribution in [0.4, 0.5) is 15.8 Å². The van der Waals surface area contributed by atoms with Crippen LogP contribution in [0.5, 0.6) is 0 Å². The minimum Gasteiger partial charge on any atom is -0.323 e. The number of nitrogens with one attached hydrogen (secondary N) is 2. The van der Waals surface area contributed by atoms with Gasteiger partial charge in [-0.25, -0.2) is 4.39 Å². The fourth-order valence-corrected chi connectivity index (χ4v) is 1.73. The first kappa shape index (κ1) is 14.7. The van der Waals surface area contributed by atoms with Crippen LogP contribution in [-0.2, 0) is 4.79 Å². The van der Waals surface area contributed by atoms with Gasteiger partial charge in [-0.15, -0.1) is 0 Å². The maximum Gasteiger partial charge on any atom is 0.255 e. The van der Waals surface area contributed by atoms with Crippen LogP contribution in [0.2, 0.25) is 0 Å². The second-order valence-corrected chi connectivity index (χ2v) is 4.26. The highest BCUT2D eigenvalue weighted by Crippen LogP contribution is 2.21. The highest BCUT2D eigenvalue weighted by atomic mass is 19.1. The molecule has 4 N–H and O–H groups in total. The number of para-hydroxylation sites is 2. The Labute approximate surface area is 121 Å². The molecule has 2 aromatic carbocycles. The summed E-state index contributed by atoms with van der Waals surface area (Å²) in [6.45, 7) is -0.161. The molecular weight excluding hydrogens is 273 g/mol. The number of hydrogen-bond donors (Lipinski definition) is 3. The van der Waals surface area contributed by atoms with Crippen LogP contribution in [0.15, 0.2) is 48.5 Å². The Balaban J connectivity index is 2.19. The van der Waals surface area contributed by atoms with E-state index in [-0.39, 0.29) is 18.0 Å². The first-order chi connectivity index (χ1) is 10.1. The Morgan fingerprint density at radius 1 is 1.00 bits per heavy atom. The molecule has 0 saturated heterocycles. The topological polar surface area (TPSA) is 84.2 Å². The molecule has 0 unspecified atom stereocenters. The Bertz CT molecular complexity index is 673. The molecule has 5 nitrogen and oxygen atoms in total. The fourth-order valence-electron chi connectivity index (χ4n) is 1.73. The van der Waals surface area contributed by atoms with Crippen LogP contribution in [0.25, 0.3) is 0 Å². The van der Waals surface area contributed by atoms with E-state index in [1.54, 1.807) is 24.3 Å². The number of carbonyl (C=O) groups is 2. The van der Waals surface area contributed by atoms with Crippen molar-refractivity contribution in [2.24, 2.45) is 5.73 Å². The second kappa shape index (κ2) is 6.62. The molecular formula is C15H14FN3O2. The predicted octanol–water partition coefficient (Wildman–Crippen LogP) is 1.98. The number of hydrogen-bond acceptors (Lipinski definition) is 3. The number of anilines is 2. The van der Waals surface area contributed by atoms with Crippen LogP contribution in [-0.4, -0.2) is 18.4 Å². The van der Waals surface area contributed by atoms with E-state index < -0.39 is 11.7 Å². The lowest BCUT2D eigenvalue weighted by atomic mass is 10.2. The number of benzene rings is 2. The molecule has 6 heteroatoms. The zero-order chi connectivity index (χ0) is 15.2. The molecule has 0 spiro atoms. The summed E-state index contributed by atoms with van der Waals surface area (Å²) < 4.78 is 13.1. The Morgan fingerprint density at radius 2 is 1.67 bits per heavy atom. The zero-order valence-electron chi connectivity index (χ0n) is 11.1. The Morgan fingerprint density at radius 3 is 2.29 bits per heavy atom. The lowest BCUT2D eigenvalue weighted by molar-refractivity contribution is -0.114. The molecule has 0 bridgehead atoms. The van der Waals surface area contributed by atoms with E-state index in [2.05, 4.69) is 10.6 Å². The third-order valence-corrected chi connectivity index (χ3v) is 2.72. The molecule has 2 rings (SSSR count). The van der Waals surface area contributed by atoms with Gasteiger partial charge in [0.2, 0.25) is 5.91 Å². The molecule has 0 saturated carbocycles. The van der Waals surface area contributed by atoms with Crippen molar-refractivity contribution >= 4 is 23.2 Å². The molecule has 0 radical (unpaired) electrons. The van der Waals surface area contributed by atoms with Gasteiger partial charge in [0.15, 0.2) is 0 Å². The van der Waals surface area contributed by atoms with Crippen LogP contribution < -0.4 is 16.4 Å². The molecule has 0 aromatic heterocycles. The lowest BCUT2D eigenvalue weighted by Gasteiger charge is -2.11. The Hall–Kier alpha value is -2.73. The number of halogens is 1. The summed E-state index contributed by atoms with van der Waals surface area (Å²) in [6.07, 6.45) is 0. The maximum absolute atomic E-state index is 13.1. The van der Waals surface area contributed by atoms with Crippen molar-refractivity contribution < 1.29 is 14.0 Å². The molecule has 0 aliphatic rings. The van der Waals surface area contributed by atoms with Gasteiger partial charge in [-0.1, -0.05) is 18.2 Å². The monoisotopic (exact) mass is 287 g/mol. The number of amides is 2. The summed E-state index contributed by atoms with van der Waals surface area (Å²) in [5, 5.41) is 5.20. The van der Waals surface area contributed by atoms with Crippen molar-refractivity contribution in [3.63, 3.8) is 0 Å². The maximum atomic E-state index is 13.1. The van der Waals surface area contributed by atoms with Crippen molar-refractivity contribution in [3.05, 3.63) is 59.9 Å². The fraction of sp³-hybridized carbons (Fsp3) is 0.0667. The summed E-state index contributed by atoms with van der Waals surface area (Å²) in [7, 11) is 0. The minimum absolute atomic E-state index is 0.161. The standard InChI is InChI=1S/C15H14FN3O2/c16-11-5-3-4-10(8-11)15(21)19-13-7-2-1-6-12(13)18-14(20)9-17/h1-8H,9,17H2,(H,18,20)(H,19,21). The van der Waals surface area contributed by atoms with Gasteiger partial charge in [0.25, 0.3) is 5.91 Å². The van der Waals surface area contributed by atoms with Crippen molar-refractivity contribution in [1.82, 2.24) is 0 Å². The molecule has 2 aromatic rings. The van der Waals surface area contributed by atoms with E-state index in [0.29, 0.717) is 11.4 Å². The number of nitrogens with two attached hydrogens (primary N) is 1. The molecule has 0 heterocycles. The van der Waals surface area contributed by atoms with Gasteiger partial charge in [-0.05, 0) is 30.3 Å². The smallest absolute Gasteiger partial charge is 0.255 e. The SMILES string of the molecule is NCC(=O)Nc1ccccc1NC(=O)c1cccc(F)c1. The average molecular weight is 287 g/mol. The average Bonchev–Trinajstić information content (AvgIpc) is 2.49. The third-order valence-electron chi connectivity index (χ3n) is 2.72. The molecule has 0 aliphatic carbocycles. The van der Waals surface area contributed by atoms with Crippen LogP contribution in [0.3, 0.4) is 0 Å². The van der Waals surface area contributed by atoms with Gasteiger partial charge in [-0.2, -0.15) is 0 Å². The molecule has 0 aliphatic heterocycles. The summed E-state index contributed by atoms with van der Waals surface area (Å²) in [5.41, 5.74) is 6.27. The summed E-state index contributed by atoms with van der Waals surface area (Å²) in [6, 6.07) is 12.0. The first-order valence-electron chi connectivity index (χ1n) is 6.26. The molecule has 0 atom stereocenters. The number of carbonyl (C=O) groups excluding carboxylic acids is 2. The first-order valence-corrected chi connectivity index (χ1v) is 6.26. The van der Waals surface area contributed by atoms with Crippen molar-refractivity contribution in [3.8, 4) is 0 Å². The normalized spacial score (nSPS) is 10.0. The van der Waals surface area contributed by atoms with Crippen molar-refractivity contribution in [2.45, 2.75) is 0 Å². The van der Waals surface area contributed by atoms with Gasteiger partial charge >= 0.3 is 0 Å². The third kappa shape index (κ3) is 3.87. The van der Waals surface area contributed by atoms with Crippen molar-refractivity contribution in [2.75, 3.05) is 17.2 Å². The summed E-state index contributed by atoms with van der Waals surface area (Å²) in [5.74, 6) is -1.33. The van der Waals surface area contributed by atoms with Crippen molar-refractivity contribution in [1.29, 1.82) is 0 Å². The van der Waals surface area contributed by atoms with E-state index in [0.717, 1.165) is 6.07 Å². The molecule has 0 fully saturated rings. The van der Waals surface area contributed by atoms with E-state index in [1.165, 1.54) is 18.2 Å². The Kier molecular flexibility index (Phi) is 4.63. The second-order valence-electron chi connectivity index (χ2n) is 4.26. The van der Waals surface area contributed by atoms with Crippen LogP contribution in [0.1, 0.15) is 10.4 Å². The van der Waals surface area contributed by atoms with E-state index >= 15 is 0 Å². The van der Waals surface area contributed by atoms with Gasteiger partial charge in [0.05, 0.1) is 17.9 Å². The van der Waals surface area contributed by atoms with E-state index in [9.17, 15) is 14.0 Å². The highest BCUT2D eigenvalue weighted by molar-refractivity contribution is 6.07. The minimum atomic E-state index is -0.493. The van der Waals surface area contributed by atoms with Crippen LogP contribution in [0, 0.1) is 5.82 Å². The molecule has 108 valence electrons. The largest absolute Gasteiger partial charge is 0.323 e. The summed E-state index contributed by atoms with van der Waals surface area (Å²) >= 11 is 0.